The Labute approximate surface area is 116 Å². The first kappa shape index (κ1) is 12.2. The molecule has 3 nitrogen and oxygen atoms in total. The van der Waals surface area contributed by atoms with E-state index in [2.05, 4.69) is 17.1 Å². The first-order valence-electron chi connectivity index (χ1n) is 8.25. The van der Waals surface area contributed by atoms with Crippen molar-refractivity contribution in [3.63, 3.8) is 0 Å². The van der Waals surface area contributed by atoms with Gasteiger partial charge in [-0.15, -0.1) is 0 Å². The first-order chi connectivity index (χ1) is 9.20. The van der Waals surface area contributed by atoms with Crippen LogP contribution in [0.4, 0.5) is 0 Å². The van der Waals surface area contributed by atoms with Crippen LogP contribution in [0.2, 0.25) is 0 Å². The Kier molecular flexibility index (Phi) is 2.70. The highest BCUT2D eigenvalue weighted by molar-refractivity contribution is 5.83. The molecule has 1 saturated heterocycles. The monoisotopic (exact) mass is 262 g/mol. The van der Waals surface area contributed by atoms with Gasteiger partial charge in [0.1, 0.15) is 0 Å². The summed E-state index contributed by atoms with van der Waals surface area (Å²) in [5.41, 5.74) is 0.265. The summed E-state index contributed by atoms with van der Waals surface area (Å²) in [6, 6.07) is 0.0850. The normalized spacial score (nSPS) is 48.9. The van der Waals surface area contributed by atoms with Crippen molar-refractivity contribution < 1.29 is 4.79 Å². The lowest BCUT2D eigenvalue weighted by atomic mass is 9.52. The van der Waals surface area contributed by atoms with Gasteiger partial charge in [0.05, 0.1) is 6.04 Å². The molecule has 5 fully saturated rings. The molecular weight excluding hydrogens is 236 g/mol. The number of hydrogen-bond acceptors (Lipinski definition) is 2. The molecule has 1 heterocycles. The Bertz CT molecular complexity index is 357. The van der Waals surface area contributed by atoms with Crippen molar-refractivity contribution in [1.82, 2.24) is 10.2 Å². The van der Waals surface area contributed by atoms with Gasteiger partial charge in [-0.2, -0.15) is 0 Å². The number of carbonyl (C=O) groups is 1. The highest BCUT2D eigenvalue weighted by Gasteiger charge is 2.55. The molecule has 0 aromatic carbocycles. The molecular formula is C16H26N2O. The van der Waals surface area contributed by atoms with E-state index in [1.54, 1.807) is 0 Å². The topological polar surface area (TPSA) is 32.3 Å². The summed E-state index contributed by atoms with van der Waals surface area (Å²) in [6.45, 7) is 4.06. The minimum absolute atomic E-state index is 0.0850. The average molecular weight is 262 g/mol. The van der Waals surface area contributed by atoms with Crippen molar-refractivity contribution in [2.75, 3.05) is 13.1 Å². The Morgan fingerprint density at radius 2 is 1.74 bits per heavy atom. The molecule has 0 aromatic rings. The Hall–Kier alpha value is -0.570. The summed E-state index contributed by atoms with van der Waals surface area (Å²) in [7, 11) is 0. The van der Waals surface area contributed by atoms with Crippen LogP contribution in [-0.4, -0.2) is 35.5 Å². The van der Waals surface area contributed by atoms with E-state index in [4.69, 9.17) is 0 Å². The average Bonchev–Trinajstić information content (AvgIpc) is 2.37. The van der Waals surface area contributed by atoms with E-state index in [1.165, 1.54) is 38.5 Å². The van der Waals surface area contributed by atoms with Crippen molar-refractivity contribution in [3.05, 3.63) is 0 Å². The van der Waals surface area contributed by atoms with E-state index in [-0.39, 0.29) is 11.6 Å². The van der Waals surface area contributed by atoms with Crippen LogP contribution in [-0.2, 0) is 4.79 Å². The van der Waals surface area contributed by atoms with E-state index in [0.29, 0.717) is 5.91 Å². The fourth-order valence-electron chi connectivity index (χ4n) is 5.92. The molecule has 1 aliphatic heterocycles. The third-order valence-electron chi connectivity index (χ3n) is 6.28. The number of nitrogens with one attached hydrogen (secondary N) is 1. The van der Waals surface area contributed by atoms with Crippen LogP contribution in [0.25, 0.3) is 0 Å². The Balaban J connectivity index is 1.62. The molecule has 0 spiro atoms. The largest absolute Gasteiger partial charge is 0.334 e. The third-order valence-corrected chi connectivity index (χ3v) is 6.28. The van der Waals surface area contributed by atoms with Crippen LogP contribution in [0.15, 0.2) is 0 Å². The Morgan fingerprint density at radius 3 is 2.26 bits per heavy atom. The Morgan fingerprint density at radius 1 is 1.16 bits per heavy atom. The quantitative estimate of drug-likeness (QED) is 0.827. The lowest BCUT2D eigenvalue weighted by Crippen LogP contribution is -2.67. The van der Waals surface area contributed by atoms with E-state index in [9.17, 15) is 4.79 Å². The SMILES string of the molecule is CCC1NCCN(C23CC4CC(CC(C4)C2)C3)C1=O. The summed E-state index contributed by atoms with van der Waals surface area (Å²) >= 11 is 0. The number of hydrogen-bond donors (Lipinski definition) is 1. The molecule has 5 aliphatic rings. The second-order valence-corrected chi connectivity index (χ2v) is 7.55. The molecule has 5 rings (SSSR count). The molecule has 4 bridgehead atoms. The van der Waals surface area contributed by atoms with Crippen molar-refractivity contribution >= 4 is 5.91 Å². The van der Waals surface area contributed by atoms with E-state index >= 15 is 0 Å². The number of carbonyl (C=O) groups excluding carboxylic acids is 1. The summed E-state index contributed by atoms with van der Waals surface area (Å²) in [5, 5.41) is 3.39. The summed E-state index contributed by atoms with van der Waals surface area (Å²) in [5.74, 6) is 3.17. The van der Waals surface area contributed by atoms with Gasteiger partial charge in [-0.1, -0.05) is 6.92 Å². The zero-order chi connectivity index (χ0) is 13.0. The van der Waals surface area contributed by atoms with Gasteiger partial charge in [-0.25, -0.2) is 0 Å². The molecule has 1 unspecified atom stereocenters. The van der Waals surface area contributed by atoms with Crippen molar-refractivity contribution in [3.8, 4) is 0 Å². The smallest absolute Gasteiger partial charge is 0.240 e. The summed E-state index contributed by atoms with van der Waals surface area (Å²) in [4.78, 5) is 15.1. The van der Waals surface area contributed by atoms with Crippen molar-refractivity contribution in [2.45, 2.75) is 63.5 Å². The summed E-state index contributed by atoms with van der Waals surface area (Å²) in [6.07, 6.45) is 9.22. The number of amides is 1. The van der Waals surface area contributed by atoms with Crippen LogP contribution in [0.5, 0.6) is 0 Å². The number of piperazine rings is 1. The van der Waals surface area contributed by atoms with Gasteiger partial charge in [0, 0.05) is 18.6 Å². The highest BCUT2D eigenvalue weighted by Crippen LogP contribution is 2.57. The molecule has 1 N–H and O–H groups in total. The predicted molar refractivity (Wildman–Crippen MR) is 74.7 cm³/mol. The maximum Gasteiger partial charge on any atom is 0.240 e. The van der Waals surface area contributed by atoms with Crippen LogP contribution in [0.3, 0.4) is 0 Å². The lowest BCUT2D eigenvalue weighted by molar-refractivity contribution is -0.156. The van der Waals surface area contributed by atoms with E-state index in [1.807, 2.05) is 0 Å². The van der Waals surface area contributed by atoms with Gasteiger partial charge in [-0.3, -0.25) is 4.79 Å². The van der Waals surface area contributed by atoms with Gasteiger partial charge in [0.25, 0.3) is 0 Å². The van der Waals surface area contributed by atoms with Gasteiger partial charge in [0.15, 0.2) is 0 Å². The maximum atomic E-state index is 12.7. The molecule has 3 heteroatoms. The molecule has 0 aromatic heterocycles. The third kappa shape index (κ3) is 1.77. The minimum atomic E-state index is 0.0850. The van der Waals surface area contributed by atoms with Gasteiger partial charge >= 0.3 is 0 Å². The predicted octanol–water partition coefficient (Wildman–Crippen LogP) is 2.17. The molecule has 1 amide bonds. The lowest BCUT2D eigenvalue weighted by Gasteiger charge is -2.61. The second-order valence-electron chi connectivity index (χ2n) is 7.55. The van der Waals surface area contributed by atoms with Gasteiger partial charge in [0.2, 0.25) is 5.91 Å². The molecule has 4 saturated carbocycles. The van der Waals surface area contributed by atoms with E-state index in [0.717, 1.165) is 37.3 Å². The fraction of sp³-hybridized carbons (Fsp3) is 0.938. The molecule has 19 heavy (non-hydrogen) atoms. The number of rotatable bonds is 2. The molecule has 1 atom stereocenters. The highest BCUT2D eigenvalue weighted by atomic mass is 16.2. The second kappa shape index (κ2) is 4.21. The first-order valence-corrected chi connectivity index (χ1v) is 8.25. The van der Waals surface area contributed by atoms with Gasteiger partial charge in [-0.05, 0) is 62.7 Å². The van der Waals surface area contributed by atoms with E-state index < -0.39 is 0 Å². The molecule has 4 aliphatic carbocycles. The standard InChI is InChI=1S/C16H26N2O/c1-2-14-15(19)18(4-3-17-14)16-8-11-5-12(9-16)7-13(6-11)10-16/h11-14,17H,2-10H2,1H3. The minimum Gasteiger partial charge on any atom is -0.334 e. The van der Waals surface area contributed by atoms with Crippen LogP contribution < -0.4 is 5.32 Å². The molecule has 106 valence electrons. The zero-order valence-electron chi connectivity index (χ0n) is 12.0. The van der Waals surface area contributed by atoms with Crippen molar-refractivity contribution in [1.29, 1.82) is 0 Å². The zero-order valence-corrected chi connectivity index (χ0v) is 12.0. The van der Waals surface area contributed by atoms with Gasteiger partial charge < -0.3 is 10.2 Å². The number of nitrogens with zero attached hydrogens (tertiary/aromatic N) is 1. The maximum absolute atomic E-state index is 12.7. The molecule has 0 radical (unpaired) electrons. The van der Waals surface area contributed by atoms with Crippen molar-refractivity contribution in [2.24, 2.45) is 17.8 Å². The summed E-state index contributed by atoms with van der Waals surface area (Å²) < 4.78 is 0. The fourth-order valence-corrected chi connectivity index (χ4v) is 5.92. The van der Waals surface area contributed by atoms with Crippen LogP contribution >= 0.6 is 0 Å². The van der Waals surface area contributed by atoms with Crippen LogP contribution in [0.1, 0.15) is 51.9 Å². The van der Waals surface area contributed by atoms with Crippen LogP contribution in [0, 0.1) is 17.8 Å².